The first-order valence-electron chi connectivity index (χ1n) is 8.85. The molecule has 25 heavy (non-hydrogen) atoms. The Balaban J connectivity index is 1.70. The third kappa shape index (κ3) is 3.24. The fraction of sp³-hybridized carbons (Fsp3) is 0.350. The molecule has 1 N–H and O–H groups in total. The molecule has 2 heterocycles. The van der Waals surface area contributed by atoms with Gasteiger partial charge >= 0.3 is 6.03 Å². The van der Waals surface area contributed by atoms with Crippen LogP contribution in [0.25, 0.3) is 0 Å². The molecule has 4 rings (SSSR count). The molecular formula is C20H22ClN3O. The number of anilines is 1. The number of halogens is 1. The maximum absolute atomic E-state index is 13.3. The first-order chi connectivity index (χ1) is 12.2. The lowest BCUT2D eigenvalue weighted by molar-refractivity contribution is 0.158. The lowest BCUT2D eigenvalue weighted by atomic mass is 10.00. The molecule has 0 aliphatic carbocycles. The van der Waals surface area contributed by atoms with Gasteiger partial charge < -0.3 is 10.2 Å². The number of hydrogen-bond acceptors (Lipinski definition) is 2. The number of piperidine rings is 1. The number of urea groups is 1. The van der Waals surface area contributed by atoms with E-state index < -0.39 is 0 Å². The Hall–Kier alpha value is -2.04. The van der Waals surface area contributed by atoms with Gasteiger partial charge in [0.05, 0.1) is 12.6 Å². The maximum atomic E-state index is 13.3. The molecule has 2 aromatic carbocycles. The van der Waals surface area contributed by atoms with Crippen molar-refractivity contribution in [2.75, 3.05) is 24.5 Å². The van der Waals surface area contributed by atoms with Gasteiger partial charge in [0.1, 0.15) is 0 Å². The van der Waals surface area contributed by atoms with Crippen molar-refractivity contribution in [1.29, 1.82) is 0 Å². The van der Waals surface area contributed by atoms with E-state index in [1.807, 2.05) is 53.4 Å². The van der Waals surface area contributed by atoms with Crippen molar-refractivity contribution in [3.05, 3.63) is 65.2 Å². The number of carbonyl (C=O) groups excluding carboxylic acids is 1. The van der Waals surface area contributed by atoms with Crippen LogP contribution in [0.15, 0.2) is 54.6 Å². The predicted octanol–water partition coefficient (Wildman–Crippen LogP) is 4.08. The summed E-state index contributed by atoms with van der Waals surface area (Å²) in [7, 11) is 0. The molecule has 0 saturated carbocycles. The molecule has 5 heteroatoms. The topological polar surface area (TPSA) is 35.6 Å². The van der Waals surface area contributed by atoms with Gasteiger partial charge in [-0.3, -0.25) is 4.90 Å². The summed E-state index contributed by atoms with van der Waals surface area (Å²) in [6.07, 6.45) is 1.98. The molecule has 0 radical (unpaired) electrons. The summed E-state index contributed by atoms with van der Waals surface area (Å²) >= 11 is 6.22. The Morgan fingerprint density at radius 1 is 1.00 bits per heavy atom. The van der Waals surface area contributed by atoms with Gasteiger partial charge in [0.15, 0.2) is 0 Å². The largest absolute Gasteiger partial charge is 0.325 e. The van der Waals surface area contributed by atoms with Crippen molar-refractivity contribution in [3.8, 4) is 0 Å². The Bertz CT molecular complexity index is 746. The third-order valence-electron chi connectivity index (χ3n) is 5.15. The predicted molar refractivity (Wildman–Crippen MR) is 101 cm³/mol. The lowest BCUT2D eigenvalue weighted by Crippen LogP contribution is -2.46. The summed E-state index contributed by atoms with van der Waals surface area (Å²) < 4.78 is 0. The minimum Gasteiger partial charge on any atom is -0.317 e. The van der Waals surface area contributed by atoms with Crippen molar-refractivity contribution in [3.63, 3.8) is 0 Å². The highest BCUT2D eigenvalue weighted by Crippen LogP contribution is 2.36. The van der Waals surface area contributed by atoms with E-state index in [0.29, 0.717) is 11.6 Å². The van der Waals surface area contributed by atoms with Crippen LogP contribution in [0.5, 0.6) is 0 Å². The van der Waals surface area contributed by atoms with Gasteiger partial charge in [-0.05, 0) is 55.8 Å². The van der Waals surface area contributed by atoms with E-state index in [0.717, 1.165) is 37.2 Å². The van der Waals surface area contributed by atoms with E-state index in [2.05, 4.69) is 16.3 Å². The summed E-state index contributed by atoms with van der Waals surface area (Å²) in [4.78, 5) is 17.3. The van der Waals surface area contributed by atoms with Crippen molar-refractivity contribution in [1.82, 2.24) is 10.2 Å². The Kier molecular flexibility index (Phi) is 4.64. The minimum absolute atomic E-state index is 0.0366. The number of benzene rings is 2. The number of carbonyl (C=O) groups is 1. The van der Waals surface area contributed by atoms with E-state index in [-0.39, 0.29) is 18.1 Å². The Labute approximate surface area is 153 Å². The zero-order chi connectivity index (χ0) is 17.2. The van der Waals surface area contributed by atoms with E-state index in [9.17, 15) is 4.79 Å². The number of hydrogen-bond donors (Lipinski definition) is 1. The zero-order valence-corrected chi connectivity index (χ0v) is 14.8. The average molecular weight is 356 g/mol. The van der Waals surface area contributed by atoms with Crippen LogP contribution in [0.2, 0.25) is 5.02 Å². The van der Waals surface area contributed by atoms with Crippen LogP contribution < -0.4 is 10.2 Å². The first-order valence-corrected chi connectivity index (χ1v) is 9.23. The molecule has 1 unspecified atom stereocenters. The molecule has 130 valence electrons. The quantitative estimate of drug-likeness (QED) is 0.900. The van der Waals surface area contributed by atoms with Gasteiger partial charge in [0.25, 0.3) is 0 Å². The molecular weight excluding hydrogens is 334 g/mol. The molecule has 1 atom stereocenters. The minimum atomic E-state index is 0.0366. The third-order valence-corrected chi connectivity index (χ3v) is 5.38. The van der Waals surface area contributed by atoms with Crippen molar-refractivity contribution < 1.29 is 4.79 Å². The number of rotatable bonds is 3. The second-order valence-corrected chi connectivity index (χ2v) is 7.12. The van der Waals surface area contributed by atoms with Crippen molar-refractivity contribution >= 4 is 23.3 Å². The van der Waals surface area contributed by atoms with E-state index in [1.165, 1.54) is 0 Å². The highest BCUT2D eigenvalue weighted by molar-refractivity contribution is 6.30. The molecule has 0 spiro atoms. The molecule has 0 aromatic heterocycles. The SMILES string of the molecule is O=C1N(c2ccccc2)CC(c2cccc(Cl)c2)N1C1CCNCC1. The molecule has 2 aliphatic heterocycles. The molecule has 2 saturated heterocycles. The second kappa shape index (κ2) is 7.06. The first kappa shape index (κ1) is 16.4. The van der Waals surface area contributed by atoms with Crippen LogP contribution in [0.3, 0.4) is 0 Å². The van der Waals surface area contributed by atoms with Crippen molar-refractivity contribution in [2.24, 2.45) is 0 Å². The van der Waals surface area contributed by atoms with Crippen LogP contribution in [-0.4, -0.2) is 36.6 Å². The van der Waals surface area contributed by atoms with Gasteiger partial charge in [-0.1, -0.05) is 41.9 Å². The van der Waals surface area contributed by atoms with Gasteiger partial charge in [-0.25, -0.2) is 4.79 Å². The molecule has 2 aliphatic rings. The number of nitrogens with one attached hydrogen (secondary N) is 1. The Morgan fingerprint density at radius 2 is 1.76 bits per heavy atom. The standard InChI is InChI=1S/C20H22ClN3O/c21-16-6-4-5-15(13-16)19-14-23(17-7-2-1-3-8-17)20(25)24(19)18-9-11-22-12-10-18/h1-8,13,18-19,22H,9-12,14H2. The smallest absolute Gasteiger partial charge is 0.317 e. The summed E-state index contributed by atoms with van der Waals surface area (Å²) in [5, 5.41) is 4.10. The van der Waals surface area contributed by atoms with Crippen LogP contribution in [0.4, 0.5) is 10.5 Å². The normalized spacial score (nSPS) is 21.8. The molecule has 4 nitrogen and oxygen atoms in total. The van der Waals surface area contributed by atoms with Gasteiger partial charge in [-0.15, -0.1) is 0 Å². The number of amides is 2. The summed E-state index contributed by atoms with van der Waals surface area (Å²) in [6.45, 7) is 2.58. The molecule has 2 amide bonds. The van der Waals surface area contributed by atoms with Crippen LogP contribution in [0.1, 0.15) is 24.4 Å². The van der Waals surface area contributed by atoms with Crippen molar-refractivity contribution in [2.45, 2.75) is 24.9 Å². The zero-order valence-electron chi connectivity index (χ0n) is 14.1. The lowest BCUT2D eigenvalue weighted by Gasteiger charge is -2.35. The fourth-order valence-electron chi connectivity index (χ4n) is 3.91. The van der Waals surface area contributed by atoms with Crippen LogP contribution in [0, 0.1) is 0 Å². The van der Waals surface area contributed by atoms with Gasteiger partial charge in [0.2, 0.25) is 0 Å². The molecule has 2 aromatic rings. The fourth-order valence-corrected chi connectivity index (χ4v) is 4.11. The molecule has 2 fully saturated rings. The second-order valence-electron chi connectivity index (χ2n) is 6.69. The van der Waals surface area contributed by atoms with E-state index in [1.54, 1.807) is 0 Å². The monoisotopic (exact) mass is 355 g/mol. The van der Waals surface area contributed by atoms with E-state index in [4.69, 9.17) is 11.6 Å². The van der Waals surface area contributed by atoms with Crippen LogP contribution in [-0.2, 0) is 0 Å². The summed E-state index contributed by atoms with van der Waals surface area (Å²) in [5.74, 6) is 0. The highest BCUT2D eigenvalue weighted by Gasteiger charge is 2.42. The highest BCUT2D eigenvalue weighted by atomic mass is 35.5. The molecule has 0 bridgehead atoms. The number of para-hydroxylation sites is 1. The van der Waals surface area contributed by atoms with Gasteiger partial charge in [-0.2, -0.15) is 0 Å². The number of nitrogens with zero attached hydrogens (tertiary/aromatic N) is 2. The van der Waals surface area contributed by atoms with E-state index >= 15 is 0 Å². The average Bonchev–Trinajstić information content (AvgIpc) is 3.00. The summed E-state index contributed by atoms with van der Waals surface area (Å²) in [6, 6.07) is 18.2. The Morgan fingerprint density at radius 3 is 2.48 bits per heavy atom. The van der Waals surface area contributed by atoms with Crippen LogP contribution >= 0.6 is 11.6 Å². The maximum Gasteiger partial charge on any atom is 0.325 e. The van der Waals surface area contributed by atoms with Gasteiger partial charge in [0, 0.05) is 16.8 Å². The summed E-state index contributed by atoms with van der Waals surface area (Å²) in [5.41, 5.74) is 2.06.